The van der Waals surface area contributed by atoms with Crippen LogP contribution in [-0.4, -0.2) is 34.0 Å². The number of carbonyl (C=O) groups excluding carboxylic acids is 3. The number of amides is 1. The van der Waals surface area contributed by atoms with E-state index in [1.54, 1.807) is 35.0 Å². The number of rotatable bonds is 5. The SMILES string of the molecule is CC(=O)Nc1ccc(C(=O)COC(=O)c2cc3c(C)nn(C)c3s2)cc1. The van der Waals surface area contributed by atoms with Gasteiger partial charge >= 0.3 is 5.97 Å². The van der Waals surface area contributed by atoms with Crippen LogP contribution in [-0.2, 0) is 16.6 Å². The van der Waals surface area contributed by atoms with E-state index in [4.69, 9.17) is 4.74 Å². The molecule has 1 N–H and O–H groups in total. The van der Waals surface area contributed by atoms with Crippen LogP contribution in [0.25, 0.3) is 10.2 Å². The van der Waals surface area contributed by atoms with Crippen LogP contribution >= 0.6 is 11.3 Å². The molecule has 1 amide bonds. The largest absolute Gasteiger partial charge is 0.453 e. The van der Waals surface area contributed by atoms with Crippen LogP contribution in [0.4, 0.5) is 5.69 Å². The Labute approximate surface area is 153 Å². The highest BCUT2D eigenvalue weighted by Gasteiger charge is 2.17. The lowest BCUT2D eigenvalue weighted by molar-refractivity contribution is -0.114. The monoisotopic (exact) mass is 371 g/mol. The fraction of sp³-hybridized carbons (Fsp3) is 0.222. The predicted octanol–water partition coefficient (Wildman–Crippen LogP) is 2.94. The third-order valence-electron chi connectivity index (χ3n) is 3.76. The molecule has 0 saturated heterocycles. The van der Waals surface area contributed by atoms with E-state index in [0.29, 0.717) is 16.1 Å². The molecule has 2 heterocycles. The zero-order valence-electron chi connectivity index (χ0n) is 14.5. The number of thiophene rings is 1. The summed E-state index contributed by atoms with van der Waals surface area (Å²) in [4.78, 5) is 36.7. The number of aromatic nitrogens is 2. The van der Waals surface area contributed by atoms with Gasteiger partial charge in [0.15, 0.2) is 12.4 Å². The Morgan fingerprint density at radius 1 is 1.23 bits per heavy atom. The van der Waals surface area contributed by atoms with Crippen molar-refractivity contribution in [2.45, 2.75) is 13.8 Å². The van der Waals surface area contributed by atoms with Crippen molar-refractivity contribution in [1.82, 2.24) is 9.78 Å². The number of aryl methyl sites for hydroxylation is 2. The standard InChI is InChI=1S/C18H17N3O4S/c1-10-14-8-16(26-17(14)21(3)20-10)18(24)25-9-15(23)12-4-6-13(7-5-12)19-11(2)22/h4-8H,9H2,1-3H3,(H,19,22). The number of nitrogens with zero attached hydrogens (tertiary/aromatic N) is 2. The highest BCUT2D eigenvalue weighted by molar-refractivity contribution is 7.20. The first-order chi connectivity index (χ1) is 12.3. The summed E-state index contributed by atoms with van der Waals surface area (Å²) < 4.78 is 6.86. The van der Waals surface area contributed by atoms with Crippen LogP contribution in [0, 0.1) is 6.92 Å². The number of fused-ring (bicyclic) bond motifs is 1. The minimum absolute atomic E-state index is 0.188. The average Bonchev–Trinajstić information content (AvgIpc) is 3.14. The van der Waals surface area contributed by atoms with E-state index in [1.807, 2.05) is 14.0 Å². The fourth-order valence-corrected chi connectivity index (χ4v) is 3.55. The molecule has 0 atom stereocenters. The summed E-state index contributed by atoms with van der Waals surface area (Å²) in [6.07, 6.45) is 0. The summed E-state index contributed by atoms with van der Waals surface area (Å²) in [7, 11) is 1.81. The Morgan fingerprint density at radius 3 is 2.54 bits per heavy atom. The lowest BCUT2D eigenvalue weighted by atomic mass is 10.1. The molecule has 0 fully saturated rings. The molecule has 8 heteroatoms. The lowest BCUT2D eigenvalue weighted by Crippen LogP contribution is -2.13. The second-order valence-electron chi connectivity index (χ2n) is 5.80. The summed E-state index contributed by atoms with van der Waals surface area (Å²) in [6.45, 7) is 2.94. The van der Waals surface area contributed by atoms with Crippen molar-refractivity contribution < 1.29 is 19.1 Å². The van der Waals surface area contributed by atoms with Crippen LogP contribution in [0.5, 0.6) is 0 Å². The number of hydrogen-bond acceptors (Lipinski definition) is 6. The lowest BCUT2D eigenvalue weighted by Gasteiger charge is -2.05. The van der Waals surface area contributed by atoms with E-state index < -0.39 is 5.97 Å². The number of nitrogens with one attached hydrogen (secondary N) is 1. The molecule has 0 unspecified atom stereocenters. The van der Waals surface area contributed by atoms with Crippen molar-refractivity contribution in [1.29, 1.82) is 0 Å². The minimum Gasteiger partial charge on any atom is -0.453 e. The van der Waals surface area contributed by atoms with E-state index in [0.717, 1.165) is 15.9 Å². The third kappa shape index (κ3) is 3.65. The van der Waals surface area contributed by atoms with Crippen LogP contribution in [0.1, 0.15) is 32.6 Å². The Kier molecular flexibility index (Phi) is 4.85. The van der Waals surface area contributed by atoms with Gasteiger partial charge in [-0.1, -0.05) is 0 Å². The molecule has 0 aliphatic rings. The summed E-state index contributed by atoms with van der Waals surface area (Å²) in [5.74, 6) is -1.03. The second kappa shape index (κ2) is 7.09. The normalized spacial score (nSPS) is 10.7. The first-order valence-corrected chi connectivity index (χ1v) is 8.68. The number of hydrogen-bond donors (Lipinski definition) is 1. The molecule has 0 aliphatic heterocycles. The predicted molar refractivity (Wildman–Crippen MR) is 98.7 cm³/mol. The number of ether oxygens (including phenoxy) is 1. The second-order valence-corrected chi connectivity index (χ2v) is 6.83. The van der Waals surface area contributed by atoms with Gasteiger partial charge in [-0.25, -0.2) is 4.79 Å². The van der Waals surface area contributed by atoms with Crippen LogP contribution < -0.4 is 5.32 Å². The van der Waals surface area contributed by atoms with Crippen LogP contribution in [0.3, 0.4) is 0 Å². The molecule has 0 aliphatic carbocycles. The molecule has 0 bridgehead atoms. The molecular formula is C18H17N3O4S. The molecule has 134 valence electrons. The molecule has 3 rings (SSSR count). The van der Waals surface area contributed by atoms with Crippen molar-refractivity contribution in [3.05, 3.63) is 46.5 Å². The van der Waals surface area contributed by atoms with Crippen molar-refractivity contribution in [2.75, 3.05) is 11.9 Å². The zero-order valence-corrected chi connectivity index (χ0v) is 15.3. The van der Waals surface area contributed by atoms with E-state index in [2.05, 4.69) is 10.4 Å². The summed E-state index contributed by atoms with van der Waals surface area (Å²) >= 11 is 1.28. The molecule has 0 radical (unpaired) electrons. The van der Waals surface area contributed by atoms with Gasteiger partial charge in [-0.3, -0.25) is 14.3 Å². The number of benzene rings is 1. The molecule has 0 saturated carbocycles. The van der Waals surface area contributed by atoms with Gasteiger partial charge in [-0.05, 0) is 37.3 Å². The maximum Gasteiger partial charge on any atom is 0.348 e. The summed E-state index contributed by atoms with van der Waals surface area (Å²) in [5.41, 5.74) is 1.84. The van der Waals surface area contributed by atoms with Crippen LogP contribution in [0.2, 0.25) is 0 Å². The van der Waals surface area contributed by atoms with Gasteiger partial charge in [0.2, 0.25) is 5.91 Å². The molecule has 1 aromatic carbocycles. The topological polar surface area (TPSA) is 90.3 Å². The first-order valence-electron chi connectivity index (χ1n) is 7.86. The highest BCUT2D eigenvalue weighted by Crippen LogP contribution is 2.28. The van der Waals surface area contributed by atoms with Gasteiger partial charge < -0.3 is 10.1 Å². The van der Waals surface area contributed by atoms with E-state index in [-0.39, 0.29) is 18.3 Å². The number of Topliss-reactive ketones (excluding diaryl/α,β-unsaturated/α-hetero) is 1. The summed E-state index contributed by atoms with van der Waals surface area (Å²) in [5, 5.41) is 7.81. The minimum atomic E-state index is -0.534. The number of esters is 1. The van der Waals surface area contributed by atoms with E-state index in [9.17, 15) is 14.4 Å². The maximum atomic E-state index is 12.2. The quantitative estimate of drug-likeness (QED) is 0.550. The number of anilines is 1. The molecular weight excluding hydrogens is 354 g/mol. The molecule has 26 heavy (non-hydrogen) atoms. The van der Waals surface area contributed by atoms with Crippen molar-refractivity contribution in [3.8, 4) is 0 Å². The highest BCUT2D eigenvalue weighted by atomic mass is 32.1. The third-order valence-corrected chi connectivity index (χ3v) is 4.94. The average molecular weight is 371 g/mol. The van der Waals surface area contributed by atoms with Gasteiger partial charge in [0, 0.05) is 30.6 Å². The van der Waals surface area contributed by atoms with E-state index >= 15 is 0 Å². The fourth-order valence-electron chi connectivity index (χ4n) is 2.53. The van der Waals surface area contributed by atoms with Crippen molar-refractivity contribution in [3.63, 3.8) is 0 Å². The summed E-state index contributed by atoms with van der Waals surface area (Å²) in [6, 6.07) is 8.14. The van der Waals surface area contributed by atoms with Gasteiger partial charge in [-0.2, -0.15) is 5.10 Å². The Bertz CT molecular complexity index is 967. The Balaban J connectivity index is 1.63. The van der Waals surface area contributed by atoms with Crippen molar-refractivity contribution in [2.24, 2.45) is 7.05 Å². The Morgan fingerprint density at radius 2 is 1.92 bits per heavy atom. The molecule has 2 aromatic heterocycles. The Hall–Kier alpha value is -3.00. The maximum absolute atomic E-state index is 12.2. The molecule has 7 nitrogen and oxygen atoms in total. The van der Waals surface area contributed by atoms with Crippen molar-refractivity contribution >= 4 is 44.9 Å². The van der Waals surface area contributed by atoms with Gasteiger partial charge in [0.1, 0.15) is 9.71 Å². The van der Waals surface area contributed by atoms with Crippen LogP contribution in [0.15, 0.2) is 30.3 Å². The van der Waals surface area contributed by atoms with Gasteiger partial charge in [0.05, 0.1) is 5.69 Å². The number of carbonyl (C=O) groups is 3. The molecule has 3 aromatic rings. The smallest absolute Gasteiger partial charge is 0.348 e. The number of ketones is 1. The van der Waals surface area contributed by atoms with E-state index in [1.165, 1.54) is 18.3 Å². The first kappa shape index (κ1) is 17.8. The zero-order chi connectivity index (χ0) is 18.8. The van der Waals surface area contributed by atoms with Gasteiger partial charge in [0.25, 0.3) is 0 Å². The van der Waals surface area contributed by atoms with Gasteiger partial charge in [-0.15, -0.1) is 11.3 Å². The molecule has 0 spiro atoms.